The van der Waals surface area contributed by atoms with E-state index in [0.717, 1.165) is 0 Å². The van der Waals surface area contributed by atoms with Crippen LogP contribution in [-0.4, -0.2) is 43.3 Å². The second-order valence-electron chi connectivity index (χ2n) is 4.68. The van der Waals surface area contributed by atoms with Gasteiger partial charge in [0.05, 0.1) is 25.8 Å². The minimum absolute atomic E-state index is 0.121. The molecule has 1 aromatic rings. The summed E-state index contributed by atoms with van der Waals surface area (Å²) in [5.74, 6) is -0.703. The lowest BCUT2D eigenvalue weighted by atomic mass is 10.1. The Morgan fingerprint density at radius 3 is 2.50 bits per heavy atom. The second-order valence-corrected chi connectivity index (χ2v) is 4.68. The summed E-state index contributed by atoms with van der Waals surface area (Å²) < 4.78 is 10.2. The van der Waals surface area contributed by atoms with Gasteiger partial charge in [-0.2, -0.15) is 0 Å². The van der Waals surface area contributed by atoms with Gasteiger partial charge >= 0.3 is 11.9 Å². The van der Waals surface area contributed by atoms with E-state index in [4.69, 9.17) is 9.47 Å². The number of methoxy groups -OCH3 is 1. The van der Waals surface area contributed by atoms with Crippen LogP contribution in [0.5, 0.6) is 5.75 Å². The molecule has 0 spiro atoms. The fourth-order valence-corrected chi connectivity index (χ4v) is 2.28. The number of benzene rings is 1. The quantitative estimate of drug-likeness (QED) is 0.706. The first-order valence-corrected chi connectivity index (χ1v) is 7.33. The average molecular weight is 309 g/mol. The lowest BCUT2D eigenvalue weighted by molar-refractivity contribution is -0.143. The molecule has 6 nitrogen and oxygen atoms in total. The van der Waals surface area contributed by atoms with Crippen LogP contribution in [0.4, 0.5) is 5.69 Å². The summed E-state index contributed by atoms with van der Waals surface area (Å²) in [6.07, 6.45) is 0.534. The molecule has 1 aromatic carbocycles. The van der Waals surface area contributed by atoms with E-state index in [-0.39, 0.29) is 18.9 Å². The molecule has 0 aromatic heterocycles. The Morgan fingerprint density at radius 2 is 1.95 bits per heavy atom. The molecule has 1 rings (SSSR count). The Hall–Kier alpha value is -2.24. The summed E-state index contributed by atoms with van der Waals surface area (Å²) in [5.41, 5.74) is 0.656. The number of ether oxygens (including phenoxy) is 2. The van der Waals surface area contributed by atoms with E-state index in [0.29, 0.717) is 24.5 Å². The van der Waals surface area contributed by atoms with Gasteiger partial charge in [0, 0.05) is 6.54 Å². The molecule has 0 saturated heterocycles. The van der Waals surface area contributed by atoms with E-state index >= 15 is 0 Å². The fraction of sp³-hybridized carbons (Fsp3) is 0.500. The Morgan fingerprint density at radius 1 is 1.27 bits per heavy atom. The van der Waals surface area contributed by atoms with Gasteiger partial charge in [0.15, 0.2) is 0 Å². The summed E-state index contributed by atoms with van der Waals surface area (Å²) in [6, 6.07) is 6.44. The van der Waals surface area contributed by atoms with E-state index in [1.165, 1.54) is 7.11 Å². The maximum absolute atomic E-state index is 11.6. The van der Waals surface area contributed by atoms with Gasteiger partial charge in [-0.05, 0) is 25.5 Å². The van der Waals surface area contributed by atoms with Crippen molar-refractivity contribution >= 4 is 17.6 Å². The van der Waals surface area contributed by atoms with Gasteiger partial charge in [-0.1, -0.05) is 19.1 Å². The highest BCUT2D eigenvalue weighted by Gasteiger charge is 2.26. The molecule has 0 heterocycles. The van der Waals surface area contributed by atoms with Gasteiger partial charge in [0.25, 0.3) is 0 Å². The van der Waals surface area contributed by atoms with Crippen LogP contribution in [0.3, 0.4) is 0 Å². The Bertz CT molecular complexity index is 503. The number of hydrogen-bond acceptors (Lipinski definition) is 5. The van der Waals surface area contributed by atoms with Gasteiger partial charge in [0.1, 0.15) is 11.8 Å². The summed E-state index contributed by atoms with van der Waals surface area (Å²) in [6.45, 7) is 4.10. The number of carboxylic acid groups (broad SMARTS) is 1. The van der Waals surface area contributed by atoms with Gasteiger partial charge < -0.3 is 19.5 Å². The molecule has 1 unspecified atom stereocenters. The third-order valence-electron chi connectivity index (χ3n) is 3.30. The molecule has 0 aliphatic rings. The Kier molecular flexibility index (Phi) is 7.22. The van der Waals surface area contributed by atoms with Crippen molar-refractivity contribution < 1.29 is 24.2 Å². The molecule has 1 N–H and O–H groups in total. The first-order chi connectivity index (χ1) is 10.5. The lowest BCUT2D eigenvalue weighted by Gasteiger charge is -2.31. The highest BCUT2D eigenvalue weighted by molar-refractivity contribution is 5.80. The number of anilines is 1. The number of carbonyl (C=O) groups excluding carboxylic acids is 1. The zero-order chi connectivity index (χ0) is 16.5. The topological polar surface area (TPSA) is 76.1 Å². The number of rotatable bonds is 9. The van der Waals surface area contributed by atoms with Crippen molar-refractivity contribution in [2.24, 2.45) is 0 Å². The summed E-state index contributed by atoms with van der Waals surface area (Å²) in [4.78, 5) is 24.8. The maximum Gasteiger partial charge on any atom is 0.326 e. The van der Waals surface area contributed by atoms with Crippen molar-refractivity contribution in [3.8, 4) is 5.75 Å². The highest BCUT2D eigenvalue weighted by atomic mass is 16.5. The van der Waals surface area contributed by atoms with Gasteiger partial charge in [-0.15, -0.1) is 0 Å². The SMILES string of the molecule is CCOC(=O)CCN(c1ccccc1OC)C(CC)C(=O)O. The normalized spacial score (nSPS) is 11.6. The van der Waals surface area contributed by atoms with Crippen molar-refractivity contribution in [2.75, 3.05) is 25.2 Å². The minimum Gasteiger partial charge on any atom is -0.495 e. The smallest absolute Gasteiger partial charge is 0.326 e. The number of carbonyl (C=O) groups is 2. The first kappa shape index (κ1) is 17.8. The van der Waals surface area contributed by atoms with E-state index in [1.807, 2.05) is 12.1 Å². The maximum atomic E-state index is 11.6. The number of carboxylic acids is 1. The fourth-order valence-electron chi connectivity index (χ4n) is 2.28. The molecular weight excluding hydrogens is 286 g/mol. The van der Waals surface area contributed by atoms with E-state index in [9.17, 15) is 14.7 Å². The zero-order valence-corrected chi connectivity index (χ0v) is 13.2. The minimum atomic E-state index is -0.933. The molecule has 0 aliphatic heterocycles. The monoisotopic (exact) mass is 309 g/mol. The van der Waals surface area contributed by atoms with Crippen molar-refractivity contribution in [3.63, 3.8) is 0 Å². The molecular formula is C16H23NO5. The molecule has 0 amide bonds. The van der Waals surface area contributed by atoms with Crippen molar-refractivity contribution in [1.29, 1.82) is 0 Å². The number of para-hydroxylation sites is 2. The second kappa shape index (κ2) is 8.92. The van der Waals surface area contributed by atoms with Gasteiger partial charge in [0.2, 0.25) is 0 Å². The van der Waals surface area contributed by atoms with Crippen LogP contribution in [-0.2, 0) is 14.3 Å². The van der Waals surface area contributed by atoms with Crippen LogP contribution < -0.4 is 9.64 Å². The molecule has 0 bridgehead atoms. The third-order valence-corrected chi connectivity index (χ3v) is 3.30. The Balaban J connectivity index is 3.05. The molecule has 0 radical (unpaired) electrons. The summed E-state index contributed by atoms with van der Waals surface area (Å²) >= 11 is 0. The molecule has 0 aliphatic carbocycles. The predicted octanol–water partition coefficient (Wildman–Crippen LogP) is 2.32. The standard InChI is InChI=1S/C16H23NO5/c1-4-12(16(19)20)17(11-10-15(18)22-5-2)13-8-6-7-9-14(13)21-3/h6-9,12H,4-5,10-11H2,1-3H3,(H,19,20). The van der Waals surface area contributed by atoms with Crippen LogP contribution in [0.1, 0.15) is 26.7 Å². The third kappa shape index (κ3) is 4.65. The van der Waals surface area contributed by atoms with Crippen LogP contribution in [0.2, 0.25) is 0 Å². The average Bonchev–Trinajstić information content (AvgIpc) is 2.51. The predicted molar refractivity (Wildman–Crippen MR) is 83.3 cm³/mol. The number of esters is 1. The van der Waals surface area contributed by atoms with Crippen LogP contribution >= 0.6 is 0 Å². The number of nitrogens with zero attached hydrogens (tertiary/aromatic N) is 1. The van der Waals surface area contributed by atoms with Crippen LogP contribution in [0, 0.1) is 0 Å². The number of aliphatic carboxylic acids is 1. The summed E-state index contributed by atoms with van der Waals surface area (Å²) in [5, 5.41) is 9.44. The molecule has 0 fully saturated rings. The van der Waals surface area contributed by atoms with Crippen molar-refractivity contribution in [3.05, 3.63) is 24.3 Å². The Labute approximate surface area is 130 Å². The van der Waals surface area contributed by atoms with Crippen LogP contribution in [0.25, 0.3) is 0 Å². The van der Waals surface area contributed by atoms with E-state index in [1.54, 1.807) is 30.9 Å². The van der Waals surface area contributed by atoms with Gasteiger partial charge in [-0.3, -0.25) is 4.79 Å². The molecule has 0 saturated carbocycles. The van der Waals surface area contributed by atoms with Gasteiger partial charge in [-0.25, -0.2) is 4.79 Å². The molecule has 22 heavy (non-hydrogen) atoms. The molecule has 122 valence electrons. The first-order valence-electron chi connectivity index (χ1n) is 7.33. The summed E-state index contributed by atoms with van der Waals surface area (Å²) in [7, 11) is 1.53. The van der Waals surface area contributed by atoms with Crippen molar-refractivity contribution in [1.82, 2.24) is 0 Å². The lowest BCUT2D eigenvalue weighted by Crippen LogP contribution is -2.42. The largest absolute Gasteiger partial charge is 0.495 e. The number of hydrogen-bond donors (Lipinski definition) is 1. The molecule has 6 heteroatoms. The van der Waals surface area contributed by atoms with Crippen molar-refractivity contribution in [2.45, 2.75) is 32.7 Å². The van der Waals surface area contributed by atoms with Crippen LogP contribution in [0.15, 0.2) is 24.3 Å². The zero-order valence-electron chi connectivity index (χ0n) is 13.2. The van der Waals surface area contributed by atoms with E-state index in [2.05, 4.69) is 0 Å². The highest BCUT2D eigenvalue weighted by Crippen LogP contribution is 2.30. The molecule has 1 atom stereocenters. The van der Waals surface area contributed by atoms with E-state index < -0.39 is 12.0 Å².